The molecule has 1 rings (SSSR count). The van der Waals surface area contributed by atoms with Gasteiger partial charge in [0.15, 0.2) is 5.41 Å². The topological polar surface area (TPSA) is 74.6 Å². The summed E-state index contributed by atoms with van der Waals surface area (Å²) in [6.07, 6.45) is 0.0156. The first-order valence-electron chi connectivity index (χ1n) is 4.58. The van der Waals surface area contributed by atoms with E-state index in [1.165, 1.54) is 12.1 Å². The van der Waals surface area contributed by atoms with Crippen molar-refractivity contribution in [2.24, 2.45) is 0 Å². The summed E-state index contributed by atoms with van der Waals surface area (Å²) in [6, 6.07) is 8.02. The molecule has 1 aromatic rings. The molecule has 0 spiro atoms. The number of carboxylic acid groups (broad SMARTS) is 2. The van der Waals surface area contributed by atoms with Crippen molar-refractivity contribution >= 4 is 60.8 Å². The quantitative estimate of drug-likeness (QED) is 0.617. The van der Waals surface area contributed by atoms with E-state index in [2.05, 4.69) is 0 Å². The Labute approximate surface area is 134 Å². The van der Waals surface area contributed by atoms with Gasteiger partial charge in [-0.3, -0.25) is 9.59 Å². The van der Waals surface area contributed by atoms with Gasteiger partial charge in [0.1, 0.15) is 0 Å². The molecule has 0 aromatic heterocycles. The van der Waals surface area contributed by atoms with Gasteiger partial charge in [0, 0.05) is 0 Å². The third kappa shape index (κ3) is 2.70. The summed E-state index contributed by atoms with van der Waals surface area (Å²) in [6.45, 7) is 1.55. The molecule has 0 aliphatic rings. The summed E-state index contributed by atoms with van der Waals surface area (Å²) in [4.78, 5) is 22.2. The minimum atomic E-state index is -1.83. The predicted molar refractivity (Wildman–Crippen MR) is 62.2 cm³/mol. The number of carboxylic acids is 2. The molecule has 0 aliphatic carbocycles. The van der Waals surface area contributed by atoms with Gasteiger partial charge in [0.05, 0.1) is 0 Å². The van der Waals surface area contributed by atoms with E-state index in [-0.39, 0.29) is 55.3 Å². The Morgan fingerprint density at radius 3 is 1.88 bits per heavy atom. The van der Waals surface area contributed by atoms with Crippen molar-refractivity contribution in [3.05, 3.63) is 35.9 Å². The van der Waals surface area contributed by atoms with E-state index in [0.717, 1.165) is 0 Å². The van der Waals surface area contributed by atoms with Crippen molar-refractivity contribution in [3.8, 4) is 0 Å². The summed E-state index contributed by atoms with van der Waals surface area (Å²) in [5.74, 6) is -2.66. The van der Waals surface area contributed by atoms with Crippen molar-refractivity contribution in [1.82, 2.24) is 0 Å². The van der Waals surface area contributed by atoms with Gasteiger partial charge >= 0.3 is 60.8 Å². The average Bonchev–Trinajstić information content (AvgIpc) is 2.20. The van der Waals surface area contributed by atoms with E-state index in [1.807, 2.05) is 0 Å². The van der Waals surface area contributed by atoms with E-state index >= 15 is 0 Å². The molecule has 84 valence electrons. The Morgan fingerprint density at radius 1 is 1.12 bits per heavy atom. The first-order valence-corrected chi connectivity index (χ1v) is 4.58. The SMILES string of the molecule is CCC(C(=O)O)(C(=O)O)c1ccccc1.[BaH2]. The maximum atomic E-state index is 11.1. The average molecular weight is 348 g/mol. The molecule has 0 bridgehead atoms. The molecule has 16 heavy (non-hydrogen) atoms. The molecule has 0 unspecified atom stereocenters. The van der Waals surface area contributed by atoms with Gasteiger partial charge in [0.25, 0.3) is 0 Å². The fourth-order valence-electron chi connectivity index (χ4n) is 1.57. The summed E-state index contributed by atoms with van der Waals surface area (Å²) >= 11 is 0. The zero-order valence-electron chi connectivity index (χ0n) is 8.30. The van der Waals surface area contributed by atoms with Crippen LogP contribution in [-0.2, 0) is 15.0 Å². The molecule has 2 N–H and O–H groups in total. The van der Waals surface area contributed by atoms with Gasteiger partial charge in [-0.25, -0.2) is 0 Å². The molecule has 0 atom stereocenters. The Hall–Kier alpha value is -0.269. The fraction of sp³-hybridized carbons (Fsp3) is 0.273. The third-order valence-electron chi connectivity index (χ3n) is 2.53. The van der Waals surface area contributed by atoms with Gasteiger partial charge < -0.3 is 10.2 Å². The Bertz CT molecular complexity index is 361. The fourth-order valence-corrected chi connectivity index (χ4v) is 1.57. The third-order valence-corrected chi connectivity index (χ3v) is 2.53. The van der Waals surface area contributed by atoms with Crippen LogP contribution in [0.25, 0.3) is 0 Å². The molecule has 4 nitrogen and oxygen atoms in total. The summed E-state index contributed by atoms with van der Waals surface area (Å²) in [7, 11) is 0. The molecule has 0 heterocycles. The first-order chi connectivity index (χ1) is 7.05. The van der Waals surface area contributed by atoms with Crippen LogP contribution in [0, 0.1) is 0 Å². The number of aliphatic carboxylic acids is 2. The van der Waals surface area contributed by atoms with Crippen LogP contribution in [0.15, 0.2) is 30.3 Å². The van der Waals surface area contributed by atoms with Crippen molar-refractivity contribution in [2.45, 2.75) is 18.8 Å². The Morgan fingerprint density at radius 2 is 1.56 bits per heavy atom. The van der Waals surface area contributed by atoms with Crippen molar-refractivity contribution in [2.75, 3.05) is 0 Å². The van der Waals surface area contributed by atoms with Crippen LogP contribution in [-0.4, -0.2) is 71.0 Å². The zero-order valence-corrected chi connectivity index (χ0v) is 8.30. The predicted octanol–water partition coefficient (Wildman–Crippen LogP) is 0.587. The van der Waals surface area contributed by atoms with Crippen LogP contribution in [0.3, 0.4) is 0 Å². The summed E-state index contributed by atoms with van der Waals surface area (Å²) < 4.78 is 0. The van der Waals surface area contributed by atoms with Gasteiger partial charge in [-0.05, 0) is 12.0 Å². The Kier molecular flexibility index (Phi) is 6.35. The molecular formula is C11H14BaO4. The van der Waals surface area contributed by atoms with Crippen LogP contribution in [0.5, 0.6) is 0 Å². The number of hydrogen-bond acceptors (Lipinski definition) is 2. The monoisotopic (exact) mass is 348 g/mol. The molecule has 1 aromatic carbocycles. The summed E-state index contributed by atoms with van der Waals surface area (Å²) in [5, 5.41) is 18.1. The van der Waals surface area contributed by atoms with Gasteiger partial charge in [-0.15, -0.1) is 0 Å². The van der Waals surface area contributed by atoms with Gasteiger partial charge in [-0.1, -0.05) is 37.3 Å². The second-order valence-electron chi connectivity index (χ2n) is 3.24. The second-order valence-corrected chi connectivity index (χ2v) is 3.24. The molecule has 0 radical (unpaired) electrons. The minimum absolute atomic E-state index is 0. The van der Waals surface area contributed by atoms with Crippen LogP contribution >= 0.6 is 0 Å². The van der Waals surface area contributed by atoms with Crippen molar-refractivity contribution in [1.29, 1.82) is 0 Å². The van der Waals surface area contributed by atoms with Crippen molar-refractivity contribution in [3.63, 3.8) is 0 Å². The van der Waals surface area contributed by atoms with Crippen LogP contribution in [0.2, 0.25) is 0 Å². The maximum absolute atomic E-state index is 11.1. The van der Waals surface area contributed by atoms with Crippen LogP contribution in [0.4, 0.5) is 0 Å². The van der Waals surface area contributed by atoms with E-state index in [0.29, 0.717) is 5.56 Å². The van der Waals surface area contributed by atoms with E-state index < -0.39 is 17.4 Å². The van der Waals surface area contributed by atoms with Gasteiger partial charge in [-0.2, -0.15) is 0 Å². The number of benzene rings is 1. The van der Waals surface area contributed by atoms with E-state index in [4.69, 9.17) is 10.2 Å². The molecule has 5 heteroatoms. The summed E-state index contributed by atoms with van der Waals surface area (Å²) in [5.41, 5.74) is -1.53. The van der Waals surface area contributed by atoms with Crippen LogP contribution < -0.4 is 0 Å². The molecular weight excluding hydrogens is 333 g/mol. The number of carbonyl (C=O) groups is 2. The number of rotatable bonds is 4. The zero-order chi connectivity index (χ0) is 11.5. The first kappa shape index (κ1) is 15.7. The standard InChI is InChI=1S/C11H12O4.Ba.2H/c1-2-11(9(12)13,10(14)15)8-6-4-3-5-7-8;;;/h3-7H,2H2,1H3,(H,12,13)(H,14,15);;;. The van der Waals surface area contributed by atoms with E-state index in [9.17, 15) is 9.59 Å². The molecule has 0 amide bonds. The van der Waals surface area contributed by atoms with Crippen LogP contribution in [0.1, 0.15) is 18.9 Å². The molecule has 0 saturated carbocycles. The molecule has 0 fully saturated rings. The van der Waals surface area contributed by atoms with Gasteiger partial charge in [0.2, 0.25) is 0 Å². The Balaban J connectivity index is 0.00000225. The van der Waals surface area contributed by atoms with E-state index in [1.54, 1.807) is 25.1 Å². The molecule has 0 saturated heterocycles. The van der Waals surface area contributed by atoms with Crippen molar-refractivity contribution < 1.29 is 19.8 Å². The molecule has 0 aliphatic heterocycles. The number of hydrogen-bond donors (Lipinski definition) is 2. The normalized spacial score (nSPS) is 10.3. The second kappa shape index (κ2) is 6.46.